The summed E-state index contributed by atoms with van der Waals surface area (Å²) in [5.74, 6) is -0.328. The first-order valence-corrected chi connectivity index (χ1v) is 5.85. The lowest BCUT2D eigenvalue weighted by Gasteiger charge is -2.06. The molecular weight excluding hydrogens is 361 g/mol. The highest BCUT2D eigenvalue weighted by Gasteiger charge is 2.10. The second-order valence-corrected chi connectivity index (χ2v) is 4.59. The Bertz CT molecular complexity index is 345. The van der Waals surface area contributed by atoms with Gasteiger partial charge in [-0.2, -0.15) is 0 Å². The van der Waals surface area contributed by atoms with Crippen molar-refractivity contribution in [2.45, 2.75) is 6.92 Å². The number of hydrogen-bond donors (Lipinski definition) is 1. The summed E-state index contributed by atoms with van der Waals surface area (Å²) in [5, 5.41) is 0. The Labute approximate surface area is 104 Å². The highest BCUT2D eigenvalue weighted by molar-refractivity contribution is 14.1. The largest absolute Gasteiger partial charge is 0.462 e. The van der Waals surface area contributed by atoms with Crippen molar-refractivity contribution in [1.29, 1.82) is 0 Å². The third-order valence-corrected chi connectivity index (χ3v) is 3.14. The van der Waals surface area contributed by atoms with Crippen molar-refractivity contribution in [3.05, 3.63) is 25.7 Å². The lowest BCUT2D eigenvalue weighted by atomic mass is 10.2. The molecule has 0 aliphatic heterocycles. The van der Waals surface area contributed by atoms with E-state index < -0.39 is 0 Å². The van der Waals surface area contributed by atoms with Crippen LogP contribution in [0.5, 0.6) is 0 Å². The molecule has 0 radical (unpaired) electrons. The van der Waals surface area contributed by atoms with Gasteiger partial charge in [0.15, 0.2) is 0 Å². The SMILES string of the molecule is CCOC(=O)c1cc(Br)c(N)c(I)c1. The number of nitrogen functional groups attached to an aromatic ring is 1. The molecule has 76 valence electrons. The van der Waals surface area contributed by atoms with Crippen molar-refractivity contribution in [2.75, 3.05) is 12.3 Å². The summed E-state index contributed by atoms with van der Waals surface area (Å²) in [7, 11) is 0. The molecule has 0 atom stereocenters. The predicted molar refractivity (Wildman–Crippen MR) is 67.2 cm³/mol. The van der Waals surface area contributed by atoms with Gasteiger partial charge in [-0.3, -0.25) is 0 Å². The molecule has 3 nitrogen and oxygen atoms in total. The molecule has 0 amide bonds. The maximum Gasteiger partial charge on any atom is 0.338 e. The Morgan fingerprint density at radius 3 is 2.79 bits per heavy atom. The van der Waals surface area contributed by atoms with E-state index in [4.69, 9.17) is 10.5 Å². The highest BCUT2D eigenvalue weighted by Crippen LogP contribution is 2.26. The molecule has 0 aromatic heterocycles. The van der Waals surface area contributed by atoms with Gasteiger partial charge in [-0.25, -0.2) is 4.79 Å². The fourth-order valence-corrected chi connectivity index (χ4v) is 2.37. The van der Waals surface area contributed by atoms with E-state index in [2.05, 4.69) is 38.5 Å². The predicted octanol–water partition coefficient (Wildman–Crippen LogP) is 2.81. The smallest absolute Gasteiger partial charge is 0.338 e. The second-order valence-electron chi connectivity index (χ2n) is 2.57. The van der Waals surface area contributed by atoms with Crippen molar-refractivity contribution in [3.63, 3.8) is 0 Å². The van der Waals surface area contributed by atoms with Crippen molar-refractivity contribution < 1.29 is 9.53 Å². The maximum atomic E-state index is 11.4. The van der Waals surface area contributed by atoms with Gasteiger partial charge in [0.2, 0.25) is 0 Å². The van der Waals surface area contributed by atoms with Crippen LogP contribution >= 0.6 is 38.5 Å². The normalized spacial score (nSPS) is 9.93. The van der Waals surface area contributed by atoms with Crippen LogP contribution in [0.25, 0.3) is 0 Å². The van der Waals surface area contributed by atoms with Crippen molar-refractivity contribution in [3.8, 4) is 0 Å². The van der Waals surface area contributed by atoms with Crippen molar-refractivity contribution >= 4 is 50.2 Å². The van der Waals surface area contributed by atoms with Gasteiger partial charge in [-0.05, 0) is 57.6 Å². The van der Waals surface area contributed by atoms with Crippen LogP contribution < -0.4 is 5.73 Å². The van der Waals surface area contributed by atoms with Gasteiger partial charge in [0.05, 0.1) is 17.9 Å². The van der Waals surface area contributed by atoms with Crippen LogP contribution in [0.4, 0.5) is 5.69 Å². The molecule has 5 heteroatoms. The molecule has 0 spiro atoms. The van der Waals surface area contributed by atoms with Gasteiger partial charge in [0.1, 0.15) is 0 Å². The van der Waals surface area contributed by atoms with Gasteiger partial charge in [0.25, 0.3) is 0 Å². The van der Waals surface area contributed by atoms with E-state index in [0.717, 1.165) is 3.57 Å². The molecule has 0 heterocycles. The number of anilines is 1. The molecule has 2 N–H and O–H groups in total. The van der Waals surface area contributed by atoms with Gasteiger partial charge in [-0.15, -0.1) is 0 Å². The van der Waals surface area contributed by atoms with Crippen LogP contribution in [-0.4, -0.2) is 12.6 Å². The van der Waals surface area contributed by atoms with E-state index in [-0.39, 0.29) is 5.97 Å². The monoisotopic (exact) mass is 369 g/mol. The minimum Gasteiger partial charge on any atom is -0.462 e. The van der Waals surface area contributed by atoms with E-state index in [0.29, 0.717) is 22.3 Å². The summed E-state index contributed by atoms with van der Waals surface area (Å²) in [6.45, 7) is 2.15. The quantitative estimate of drug-likeness (QED) is 0.495. The first-order valence-electron chi connectivity index (χ1n) is 3.98. The lowest BCUT2D eigenvalue weighted by Crippen LogP contribution is -2.06. The zero-order valence-electron chi connectivity index (χ0n) is 7.51. The summed E-state index contributed by atoms with van der Waals surface area (Å²) in [6.07, 6.45) is 0. The van der Waals surface area contributed by atoms with Crippen LogP contribution in [0.3, 0.4) is 0 Å². The topological polar surface area (TPSA) is 52.3 Å². The maximum absolute atomic E-state index is 11.4. The zero-order chi connectivity index (χ0) is 10.7. The number of carbonyl (C=O) groups excluding carboxylic acids is 1. The summed E-state index contributed by atoms with van der Waals surface area (Å²) < 4.78 is 6.42. The third-order valence-electron chi connectivity index (χ3n) is 1.59. The summed E-state index contributed by atoms with van der Waals surface area (Å²) in [4.78, 5) is 11.4. The summed E-state index contributed by atoms with van der Waals surface area (Å²) in [6, 6.07) is 3.37. The van der Waals surface area contributed by atoms with Gasteiger partial charge in [-0.1, -0.05) is 0 Å². The Kier molecular flexibility index (Phi) is 4.18. The first kappa shape index (κ1) is 11.8. The molecular formula is C9H9BrINO2. The Balaban J connectivity index is 3.06. The number of benzene rings is 1. The number of hydrogen-bond acceptors (Lipinski definition) is 3. The molecule has 0 bridgehead atoms. The van der Waals surface area contributed by atoms with Crippen LogP contribution in [0.15, 0.2) is 16.6 Å². The Morgan fingerprint density at radius 2 is 2.29 bits per heavy atom. The van der Waals surface area contributed by atoms with E-state index in [9.17, 15) is 4.79 Å². The summed E-state index contributed by atoms with van der Waals surface area (Å²) in [5.41, 5.74) is 6.87. The Morgan fingerprint density at radius 1 is 1.64 bits per heavy atom. The lowest BCUT2D eigenvalue weighted by molar-refractivity contribution is 0.0526. The number of carbonyl (C=O) groups is 1. The molecule has 0 fully saturated rings. The zero-order valence-corrected chi connectivity index (χ0v) is 11.3. The minimum atomic E-state index is -0.328. The van der Waals surface area contributed by atoms with Gasteiger partial charge >= 0.3 is 5.97 Å². The van der Waals surface area contributed by atoms with E-state index >= 15 is 0 Å². The second kappa shape index (κ2) is 4.97. The number of ether oxygens (including phenoxy) is 1. The van der Waals surface area contributed by atoms with Gasteiger partial charge in [0, 0.05) is 8.04 Å². The van der Waals surface area contributed by atoms with Crippen LogP contribution in [0.1, 0.15) is 17.3 Å². The minimum absolute atomic E-state index is 0.328. The Hall–Kier alpha value is -0.300. The fourth-order valence-electron chi connectivity index (χ4n) is 0.917. The van der Waals surface area contributed by atoms with Crippen molar-refractivity contribution in [2.24, 2.45) is 0 Å². The molecule has 0 unspecified atom stereocenters. The molecule has 1 aromatic carbocycles. The molecule has 1 rings (SSSR count). The van der Waals surface area contributed by atoms with E-state index in [1.54, 1.807) is 19.1 Å². The summed E-state index contributed by atoms with van der Waals surface area (Å²) >= 11 is 5.35. The molecule has 14 heavy (non-hydrogen) atoms. The number of esters is 1. The van der Waals surface area contributed by atoms with Crippen molar-refractivity contribution in [1.82, 2.24) is 0 Å². The first-order chi connectivity index (χ1) is 6.56. The molecule has 0 saturated heterocycles. The molecule has 0 aliphatic carbocycles. The molecule has 0 aliphatic rings. The molecule has 1 aromatic rings. The average Bonchev–Trinajstić information content (AvgIpc) is 2.13. The van der Waals surface area contributed by atoms with Crippen LogP contribution in [0, 0.1) is 3.57 Å². The van der Waals surface area contributed by atoms with Gasteiger partial charge < -0.3 is 10.5 Å². The van der Waals surface area contributed by atoms with E-state index in [1.165, 1.54) is 0 Å². The number of rotatable bonds is 2. The average molecular weight is 370 g/mol. The standard InChI is InChI=1S/C9H9BrINO2/c1-2-14-9(13)5-3-6(10)8(12)7(11)4-5/h3-4H,2,12H2,1H3. The third kappa shape index (κ3) is 2.60. The highest BCUT2D eigenvalue weighted by atomic mass is 127. The number of nitrogens with two attached hydrogens (primary N) is 1. The number of halogens is 2. The fraction of sp³-hybridized carbons (Fsp3) is 0.222. The van der Waals surface area contributed by atoms with Crippen LogP contribution in [-0.2, 0) is 4.74 Å². The molecule has 0 saturated carbocycles. The van der Waals surface area contributed by atoms with E-state index in [1.807, 2.05) is 0 Å². The van der Waals surface area contributed by atoms with Crippen LogP contribution in [0.2, 0.25) is 0 Å².